The molecule has 2 fully saturated rings. The van der Waals surface area contributed by atoms with Crippen LogP contribution in [0.15, 0.2) is 4.52 Å². The third kappa shape index (κ3) is 4.59. The van der Waals surface area contributed by atoms with Crippen LogP contribution in [-0.4, -0.2) is 57.6 Å². The summed E-state index contributed by atoms with van der Waals surface area (Å²) >= 11 is 0. The molecule has 2 heterocycles. The number of aryl methyl sites for hydroxylation is 1. The number of aromatic nitrogens is 2. The van der Waals surface area contributed by atoms with Crippen molar-refractivity contribution in [3.63, 3.8) is 0 Å². The Labute approximate surface area is 155 Å². The Morgan fingerprint density at radius 3 is 2.38 bits per heavy atom. The number of halogens is 2. The summed E-state index contributed by atoms with van der Waals surface area (Å²) in [6, 6.07) is 0. The Balaban J connectivity index is 0.00000144. The Morgan fingerprint density at radius 2 is 1.83 bits per heavy atom. The van der Waals surface area contributed by atoms with Gasteiger partial charge < -0.3 is 15.2 Å². The summed E-state index contributed by atoms with van der Waals surface area (Å²) in [6.07, 6.45) is 4.55. The summed E-state index contributed by atoms with van der Waals surface area (Å²) in [5.41, 5.74) is 5.67. The van der Waals surface area contributed by atoms with Crippen molar-refractivity contribution < 1.29 is 9.32 Å². The van der Waals surface area contributed by atoms with E-state index in [9.17, 15) is 4.79 Å². The van der Waals surface area contributed by atoms with Gasteiger partial charge in [0.25, 0.3) is 0 Å². The first kappa shape index (κ1) is 21.2. The molecular formula is C15H27Cl2N5O2. The maximum Gasteiger partial charge on any atom is 0.242 e. The van der Waals surface area contributed by atoms with Crippen LogP contribution in [0.5, 0.6) is 0 Å². The molecule has 1 aromatic rings. The first-order chi connectivity index (χ1) is 10.6. The van der Waals surface area contributed by atoms with Crippen molar-refractivity contribution in [1.29, 1.82) is 0 Å². The van der Waals surface area contributed by atoms with Crippen LogP contribution in [0.25, 0.3) is 0 Å². The van der Waals surface area contributed by atoms with Crippen LogP contribution >= 0.6 is 24.8 Å². The summed E-state index contributed by atoms with van der Waals surface area (Å²) in [7, 11) is 0. The average molecular weight is 380 g/mol. The summed E-state index contributed by atoms with van der Waals surface area (Å²) in [4.78, 5) is 21.1. The Hall–Kier alpha value is -0.890. The second-order valence-electron chi connectivity index (χ2n) is 6.39. The van der Waals surface area contributed by atoms with E-state index in [4.69, 9.17) is 10.3 Å². The lowest BCUT2D eigenvalue weighted by Gasteiger charge is -2.38. The van der Waals surface area contributed by atoms with Crippen LogP contribution in [0.4, 0.5) is 0 Å². The predicted molar refractivity (Wildman–Crippen MR) is 95.4 cm³/mol. The summed E-state index contributed by atoms with van der Waals surface area (Å²) in [5.74, 6) is 1.54. The van der Waals surface area contributed by atoms with Crippen LogP contribution in [0.1, 0.15) is 44.3 Å². The number of carbonyl (C=O) groups excluding carboxylic acids is 1. The van der Waals surface area contributed by atoms with E-state index >= 15 is 0 Å². The van der Waals surface area contributed by atoms with Gasteiger partial charge in [0.1, 0.15) is 0 Å². The van der Waals surface area contributed by atoms with Gasteiger partial charge in [0.15, 0.2) is 5.82 Å². The van der Waals surface area contributed by atoms with E-state index in [1.807, 2.05) is 11.8 Å². The molecule has 0 spiro atoms. The third-order valence-electron chi connectivity index (χ3n) is 4.76. The van der Waals surface area contributed by atoms with Crippen molar-refractivity contribution in [2.45, 2.75) is 51.1 Å². The number of nitrogens with two attached hydrogens (primary N) is 1. The molecule has 2 aliphatic rings. The number of amides is 1. The third-order valence-corrected chi connectivity index (χ3v) is 4.76. The van der Waals surface area contributed by atoms with E-state index in [1.54, 1.807) is 0 Å². The van der Waals surface area contributed by atoms with Gasteiger partial charge >= 0.3 is 0 Å². The number of hydrogen-bond donors (Lipinski definition) is 1. The molecule has 138 valence electrons. The van der Waals surface area contributed by atoms with E-state index in [2.05, 4.69) is 15.0 Å². The number of rotatable bonds is 4. The molecule has 0 atom stereocenters. The average Bonchev–Trinajstić information content (AvgIpc) is 3.17. The SMILES string of the molecule is CCc1nc(CN2CCN(C(=O)C3(N)CCCC3)CC2)no1.Cl.Cl. The number of carbonyl (C=O) groups is 1. The van der Waals surface area contributed by atoms with Crippen LogP contribution in [0, 0.1) is 0 Å². The maximum absolute atomic E-state index is 12.6. The fourth-order valence-corrected chi connectivity index (χ4v) is 3.34. The molecule has 1 aliphatic heterocycles. The minimum Gasteiger partial charge on any atom is -0.339 e. The topological polar surface area (TPSA) is 88.5 Å². The fraction of sp³-hybridized carbons (Fsp3) is 0.800. The molecule has 2 N–H and O–H groups in total. The van der Waals surface area contributed by atoms with E-state index in [0.29, 0.717) is 12.4 Å². The quantitative estimate of drug-likeness (QED) is 0.849. The van der Waals surface area contributed by atoms with E-state index in [-0.39, 0.29) is 30.7 Å². The van der Waals surface area contributed by atoms with Gasteiger partial charge in [-0.25, -0.2) is 0 Å². The van der Waals surface area contributed by atoms with E-state index in [1.165, 1.54) is 0 Å². The lowest BCUT2D eigenvalue weighted by molar-refractivity contribution is -0.138. The van der Waals surface area contributed by atoms with Crippen molar-refractivity contribution in [3.05, 3.63) is 11.7 Å². The fourth-order valence-electron chi connectivity index (χ4n) is 3.34. The van der Waals surface area contributed by atoms with Crippen LogP contribution in [-0.2, 0) is 17.8 Å². The van der Waals surface area contributed by atoms with Gasteiger partial charge in [-0.2, -0.15) is 4.98 Å². The lowest BCUT2D eigenvalue weighted by atomic mass is 9.97. The second-order valence-corrected chi connectivity index (χ2v) is 6.39. The van der Waals surface area contributed by atoms with Gasteiger partial charge in [-0.3, -0.25) is 9.69 Å². The van der Waals surface area contributed by atoms with Crippen LogP contribution < -0.4 is 5.73 Å². The number of nitrogens with zero attached hydrogens (tertiary/aromatic N) is 4. The van der Waals surface area contributed by atoms with Crippen molar-refractivity contribution in [1.82, 2.24) is 19.9 Å². The molecule has 0 bridgehead atoms. The van der Waals surface area contributed by atoms with Crippen LogP contribution in [0.3, 0.4) is 0 Å². The van der Waals surface area contributed by atoms with Gasteiger partial charge in [-0.05, 0) is 12.8 Å². The Kier molecular flexibility index (Phi) is 7.92. The number of hydrogen-bond acceptors (Lipinski definition) is 6. The molecular weight excluding hydrogens is 353 g/mol. The minimum absolute atomic E-state index is 0. The zero-order valence-corrected chi connectivity index (χ0v) is 15.7. The Bertz CT molecular complexity index is 526. The van der Waals surface area contributed by atoms with Gasteiger partial charge in [0.05, 0.1) is 12.1 Å². The lowest BCUT2D eigenvalue weighted by Crippen LogP contribution is -2.58. The molecule has 1 saturated heterocycles. The summed E-state index contributed by atoms with van der Waals surface area (Å²) in [5, 5.41) is 3.98. The Morgan fingerprint density at radius 1 is 1.21 bits per heavy atom. The van der Waals surface area contributed by atoms with Gasteiger partial charge in [-0.1, -0.05) is 24.9 Å². The van der Waals surface area contributed by atoms with Crippen molar-refractivity contribution in [3.8, 4) is 0 Å². The van der Waals surface area contributed by atoms with Crippen molar-refractivity contribution in [2.75, 3.05) is 26.2 Å². The molecule has 0 radical (unpaired) electrons. The normalized spacial score (nSPS) is 20.3. The number of piperazine rings is 1. The second kappa shape index (κ2) is 8.99. The molecule has 0 unspecified atom stereocenters. The highest BCUT2D eigenvalue weighted by molar-refractivity contribution is 5.86. The van der Waals surface area contributed by atoms with Crippen molar-refractivity contribution >= 4 is 30.7 Å². The molecule has 0 aromatic carbocycles. The largest absolute Gasteiger partial charge is 0.339 e. The zero-order valence-electron chi connectivity index (χ0n) is 14.1. The molecule has 1 aromatic heterocycles. The molecule has 24 heavy (non-hydrogen) atoms. The van der Waals surface area contributed by atoms with Gasteiger partial charge in [-0.15, -0.1) is 24.8 Å². The van der Waals surface area contributed by atoms with Crippen LogP contribution in [0.2, 0.25) is 0 Å². The highest BCUT2D eigenvalue weighted by atomic mass is 35.5. The molecule has 1 amide bonds. The minimum atomic E-state index is -0.605. The molecule has 1 aliphatic carbocycles. The monoisotopic (exact) mass is 379 g/mol. The highest BCUT2D eigenvalue weighted by Crippen LogP contribution is 2.29. The van der Waals surface area contributed by atoms with Gasteiger partial charge in [0.2, 0.25) is 11.8 Å². The van der Waals surface area contributed by atoms with Crippen molar-refractivity contribution in [2.24, 2.45) is 5.73 Å². The standard InChI is InChI=1S/C15H25N5O2.2ClH/c1-2-13-17-12(18-22-13)11-19-7-9-20(10-8-19)14(21)15(16)5-3-4-6-15;;/h2-11,16H2,1H3;2*1H. The summed E-state index contributed by atoms with van der Waals surface area (Å²) in [6.45, 7) is 5.80. The highest BCUT2D eigenvalue weighted by Gasteiger charge is 2.40. The van der Waals surface area contributed by atoms with Gasteiger partial charge in [0, 0.05) is 32.6 Å². The molecule has 7 nitrogen and oxygen atoms in total. The predicted octanol–water partition coefficient (Wildman–Crippen LogP) is 1.39. The zero-order chi connectivity index (χ0) is 15.6. The maximum atomic E-state index is 12.6. The van der Waals surface area contributed by atoms with E-state index < -0.39 is 5.54 Å². The first-order valence-corrected chi connectivity index (χ1v) is 8.23. The molecule has 9 heteroatoms. The van der Waals surface area contributed by atoms with E-state index in [0.717, 1.165) is 64.1 Å². The smallest absolute Gasteiger partial charge is 0.242 e. The molecule has 1 saturated carbocycles. The summed E-state index contributed by atoms with van der Waals surface area (Å²) < 4.78 is 5.13. The first-order valence-electron chi connectivity index (χ1n) is 8.23. The molecule has 3 rings (SSSR count).